The molecule has 0 saturated carbocycles. The summed E-state index contributed by atoms with van der Waals surface area (Å²) in [7, 11) is -3.37. The zero-order valence-corrected chi connectivity index (χ0v) is 12.5. The van der Waals surface area contributed by atoms with Gasteiger partial charge in [-0.25, -0.2) is 0 Å². The molecule has 0 fully saturated rings. The van der Waals surface area contributed by atoms with Gasteiger partial charge in [-0.05, 0) is 12.5 Å². The van der Waals surface area contributed by atoms with Crippen LogP contribution in [0.2, 0.25) is 0 Å². The fourth-order valence-electron chi connectivity index (χ4n) is 1.30. The second-order valence-corrected chi connectivity index (χ2v) is 5.96. The van der Waals surface area contributed by atoms with Crippen molar-refractivity contribution in [1.82, 2.24) is 0 Å². The predicted octanol–water partition coefficient (Wildman–Crippen LogP) is 1.78. The number of rotatable bonds is 6. The van der Waals surface area contributed by atoms with Crippen molar-refractivity contribution in [2.24, 2.45) is 5.16 Å². The highest BCUT2D eigenvalue weighted by Gasteiger charge is 2.38. The van der Waals surface area contributed by atoms with E-state index < -0.39 is 33.0 Å². The Kier molecular flexibility index (Phi) is 5.92. The summed E-state index contributed by atoms with van der Waals surface area (Å²) >= 11 is 0. The Bertz CT molecular complexity index is 625. The number of oxime groups is 1. The van der Waals surface area contributed by atoms with E-state index in [2.05, 4.69) is 14.2 Å². The van der Waals surface area contributed by atoms with Crippen LogP contribution in [-0.4, -0.2) is 38.0 Å². The summed E-state index contributed by atoms with van der Waals surface area (Å²) in [6.45, 7) is 0.753. The Balaban J connectivity index is 3.16. The topological polar surface area (TPSA) is 85.2 Å². The summed E-state index contributed by atoms with van der Waals surface area (Å²) in [5.74, 6) is 0. The summed E-state index contributed by atoms with van der Waals surface area (Å²) < 4.78 is 70.3. The first-order valence-corrected chi connectivity index (χ1v) is 7.39. The molecular formula is C12H14F3NO5S. The lowest BCUT2D eigenvalue weighted by atomic mass is 10.1. The maximum Gasteiger partial charge on any atom is 0.437 e. The molecule has 1 N–H and O–H groups in total. The van der Waals surface area contributed by atoms with Crippen LogP contribution in [0.4, 0.5) is 13.2 Å². The highest BCUT2D eigenvalue weighted by molar-refractivity contribution is 7.87. The van der Waals surface area contributed by atoms with Crippen molar-refractivity contribution in [2.75, 3.05) is 7.11 Å². The molecule has 0 aliphatic heterocycles. The SMILES string of the molecule is COC(C)S(=O)(=O)ON=C(c1ccc(CO)cc1)C(F)(F)F. The van der Waals surface area contributed by atoms with Crippen LogP contribution in [-0.2, 0) is 25.7 Å². The largest absolute Gasteiger partial charge is 0.437 e. The van der Waals surface area contributed by atoms with Gasteiger partial charge in [0.1, 0.15) is 0 Å². The third-order valence-corrected chi connectivity index (χ3v) is 3.94. The van der Waals surface area contributed by atoms with Crippen molar-refractivity contribution in [2.45, 2.75) is 25.1 Å². The first-order chi connectivity index (χ1) is 10.1. The monoisotopic (exact) mass is 341 g/mol. The van der Waals surface area contributed by atoms with Gasteiger partial charge < -0.3 is 9.84 Å². The molecule has 0 spiro atoms. The molecule has 6 nitrogen and oxygen atoms in total. The minimum atomic E-state index is -4.92. The van der Waals surface area contributed by atoms with E-state index in [0.717, 1.165) is 26.2 Å². The Labute approximate surface area is 125 Å². The highest BCUT2D eigenvalue weighted by atomic mass is 32.2. The average molecular weight is 341 g/mol. The van der Waals surface area contributed by atoms with Crippen LogP contribution < -0.4 is 0 Å². The van der Waals surface area contributed by atoms with Crippen molar-refractivity contribution in [3.05, 3.63) is 35.4 Å². The van der Waals surface area contributed by atoms with Gasteiger partial charge in [-0.2, -0.15) is 21.6 Å². The molecule has 0 radical (unpaired) electrons. The normalized spacial score (nSPS) is 14.7. The van der Waals surface area contributed by atoms with Gasteiger partial charge in [-0.1, -0.05) is 29.4 Å². The van der Waals surface area contributed by atoms with Gasteiger partial charge in [0, 0.05) is 12.7 Å². The molecular weight excluding hydrogens is 327 g/mol. The third-order valence-electron chi connectivity index (χ3n) is 2.65. The van der Waals surface area contributed by atoms with E-state index >= 15 is 0 Å². The molecule has 0 aromatic heterocycles. The minimum absolute atomic E-state index is 0.338. The Morgan fingerprint density at radius 1 is 1.32 bits per heavy atom. The lowest BCUT2D eigenvalue weighted by Gasteiger charge is -2.12. The van der Waals surface area contributed by atoms with Crippen LogP contribution in [0.3, 0.4) is 0 Å². The second-order valence-electron chi connectivity index (χ2n) is 4.16. The lowest BCUT2D eigenvalue weighted by Crippen LogP contribution is -2.26. The standard InChI is InChI=1S/C12H14F3NO5S/c1-8(20-2)22(18,19)21-16-11(12(13,14)15)10-5-3-9(7-17)4-6-10/h3-6,8,17H,7H2,1-2H3. The second kappa shape index (κ2) is 7.07. The molecule has 1 atom stereocenters. The number of halogens is 3. The number of methoxy groups -OCH3 is 1. The molecule has 0 aliphatic carbocycles. The van der Waals surface area contributed by atoms with Crippen LogP contribution in [0, 0.1) is 0 Å². The van der Waals surface area contributed by atoms with Gasteiger partial charge in [-0.15, -0.1) is 0 Å². The zero-order chi connectivity index (χ0) is 17.0. The predicted molar refractivity (Wildman–Crippen MR) is 71.4 cm³/mol. The number of alkyl halides is 3. The number of benzene rings is 1. The summed E-state index contributed by atoms with van der Waals surface area (Å²) in [6.07, 6.45) is -4.92. The number of aliphatic hydroxyl groups excluding tert-OH is 1. The molecule has 1 aromatic rings. The Hall–Kier alpha value is -1.65. The first kappa shape index (κ1) is 18.4. The van der Waals surface area contributed by atoms with E-state index in [4.69, 9.17) is 5.11 Å². The van der Waals surface area contributed by atoms with E-state index in [9.17, 15) is 21.6 Å². The van der Waals surface area contributed by atoms with Crippen LogP contribution in [0.15, 0.2) is 29.4 Å². The molecule has 0 aliphatic rings. The molecule has 0 bridgehead atoms. The van der Waals surface area contributed by atoms with Crippen molar-refractivity contribution in [3.63, 3.8) is 0 Å². The smallest absolute Gasteiger partial charge is 0.392 e. The van der Waals surface area contributed by atoms with Gasteiger partial charge in [-0.3, -0.25) is 4.28 Å². The van der Waals surface area contributed by atoms with Gasteiger partial charge >= 0.3 is 16.3 Å². The molecule has 1 unspecified atom stereocenters. The fourth-order valence-corrected chi connectivity index (χ4v) is 1.84. The molecule has 1 rings (SSSR count). The molecule has 1 aromatic carbocycles. The van der Waals surface area contributed by atoms with Crippen LogP contribution in [0.25, 0.3) is 0 Å². The van der Waals surface area contributed by atoms with E-state index in [0.29, 0.717) is 5.56 Å². The van der Waals surface area contributed by atoms with E-state index in [-0.39, 0.29) is 6.61 Å². The molecule has 124 valence electrons. The number of nitrogens with zero attached hydrogens (tertiary/aromatic N) is 1. The van der Waals surface area contributed by atoms with Gasteiger partial charge in [0.05, 0.1) is 6.61 Å². The van der Waals surface area contributed by atoms with Crippen molar-refractivity contribution in [1.29, 1.82) is 0 Å². The maximum atomic E-state index is 13.0. The molecule has 0 amide bonds. The molecule has 0 heterocycles. The first-order valence-electron chi connectivity index (χ1n) is 5.92. The highest BCUT2D eigenvalue weighted by Crippen LogP contribution is 2.24. The van der Waals surface area contributed by atoms with E-state index in [1.807, 2.05) is 0 Å². The average Bonchev–Trinajstić information content (AvgIpc) is 2.45. The summed E-state index contributed by atoms with van der Waals surface area (Å²) in [4.78, 5) is 0. The van der Waals surface area contributed by atoms with Crippen LogP contribution in [0.5, 0.6) is 0 Å². The quantitative estimate of drug-likeness (QED) is 0.630. The summed E-state index contributed by atoms with van der Waals surface area (Å²) in [6, 6.07) is 4.60. The number of hydrogen-bond acceptors (Lipinski definition) is 6. The van der Waals surface area contributed by atoms with E-state index in [1.54, 1.807) is 0 Å². The number of hydrogen-bond donors (Lipinski definition) is 1. The van der Waals surface area contributed by atoms with Crippen molar-refractivity contribution < 1.29 is 35.7 Å². The maximum absolute atomic E-state index is 13.0. The van der Waals surface area contributed by atoms with Crippen molar-refractivity contribution >= 4 is 15.8 Å². The van der Waals surface area contributed by atoms with Crippen LogP contribution in [0.1, 0.15) is 18.1 Å². The number of aliphatic hydroxyl groups is 1. The Morgan fingerprint density at radius 3 is 2.27 bits per heavy atom. The Morgan fingerprint density at radius 2 is 1.86 bits per heavy atom. The van der Waals surface area contributed by atoms with Crippen molar-refractivity contribution in [3.8, 4) is 0 Å². The van der Waals surface area contributed by atoms with E-state index in [1.165, 1.54) is 12.1 Å². The lowest BCUT2D eigenvalue weighted by molar-refractivity contribution is -0.0597. The molecule has 0 saturated heterocycles. The third kappa shape index (κ3) is 4.68. The van der Waals surface area contributed by atoms with Gasteiger partial charge in [0.2, 0.25) is 0 Å². The van der Waals surface area contributed by atoms with Gasteiger partial charge in [0.15, 0.2) is 11.1 Å². The summed E-state index contributed by atoms with van der Waals surface area (Å²) in [5.41, 5.74) is -2.98. The molecule has 22 heavy (non-hydrogen) atoms. The fraction of sp³-hybridized carbons (Fsp3) is 0.417. The number of ether oxygens (including phenoxy) is 1. The van der Waals surface area contributed by atoms with Crippen LogP contribution >= 0.6 is 0 Å². The van der Waals surface area contributed by atoms with Gasteiger partial charge in [0.25, 0.3) is 0 Å². The summed E-state index contributed by atoms with van der Waals surface area (Å²) in [5, 5.41) is 11.6. The minimum Gasteiger partial charge on any atom is -0.392 e. The zero-order valence-electron chi connectivity index (χ0n) is 11.7. The molecule has 10 heteroatoms.